The van der Waals surface area contributed by atoms with Gasteiger partial charge in [0.05, 0.1) is 33.9 Å². The number of aromatic nitrogens is 6. The Bertz CT molecular complexity index is 2730. The summed E-state index contributed by atoms with van der Waals surface area (Å²) >= 11 is 0. The van der Waals surface area contributed by atoms with E-state index in [1.165, 1.54) is 42.5 Å². The van der Waals surface area contributed by atoms with Gasteiger partial charge in [-0.1, -0.05) is 36.4 Å². The van der Waals surface area contributed by atoms with Crippen LogP contribution < -0.4 is 0 Å². The van der Waals surface area contributed by atoms with Crippen molar-refractivity contribution in [2.45, 2.75) is 0 Å². The number of hydrogen-bond acceptors (Lipinski definition) is 4. The van der Waals surface area contributed by atoms with Crippen LogP contribution in [0.2, 0.25) is 0 Å². The molecule has 0 atom stereocenters. The molecule has 9 aromatic rings. The Labute approximate surface area is 311 Å². The van der Waals surface area contributed by atoms with Crippen LogP contribution in [0.4, 0.5) is 22.0 Å². The van der Waals surface area contributed by atoms with Crippen molar-refractivity contribution >= 4 is 10.8 Å². The van der Waals surface area contributed by atoms with Gasteiger partial charge in [-0.25, -0.2) is 31.9 Å². The molecule has 0 unspecified atom stereocenters. The lowest BCUT2D eigenvalue weighted by Gasteiger charge is -2.04. The van der Waals surface area contributed by atoms with Gasteiger partial charge in [0.15, 0.2) is 0 Å². The largest absolute Gasteiger partial charge is 0.337 e. The van der Waals surface area contributed by atoms with Crippen molar-refractivity contribution in [1.29, 1.82) is 0 Å². The number of nitrogens with one attached hydrogen (secondary N) is 2. The molecule has 268 valence electrons. The summed E-state index contributed by atoms with van der Waals surface area (Å²) in [5.74, 6) is -1.99. The maximum Gasteiger partial charge on any atom is 0.144 e. The van der Waals surface area contributed by atoms with Gasteiger partial charge in [-0.2, -0.15) is 0 Å². The Hall–Kier alpha value is -7.27. The molecule has 2 N–H and O–H groups in total. The molecule has 0 saturated heterocycles. The Balaban J connectivity index is 0.000000156. The van der Waals surface area contributed by atoms with Crippen LogP contribution in [0.1, 0.15) is 0 Å². The summed E-state index contributed by atoms with van der Waals surface area (Å²) in [6, 6.07) is 33.6. The van der Waals surface area contributed by atoms with E-state index in [2.05, 4.69) is 29.9 Å². The van der Waals surface area contributed by atoms with E-state index in [9.17, 15) is 17.6 Å². The standard InChI is InChI=1S/C24H15F2N3.C20H12F3N3/c25-18-8-5-16(6-9-18)22-23(17-11-13-27-14-12-17)29-24(28-22)20-10-7-15-3-1-2-4-19(15)21(20)26;21-14-6-4-12(5-7-14)18-19(13-8-10-24-11-9-13)26-20(25-18)17-15(22)2-1-3-16(17)23/h1-14H,(H,28,29);1-11H,(H,25,26). The predicted molar refractivity (Wildman–Crippen MR) is 203 cm³/mol. The number of H-pyrrole nitrogens is 2. The lowest BCUT2D eigenvalue weighted by atomic mass is 10.1. The molecule has 0 aliphatic carbocycles. The molecule has 0 bridgehead atoms. The summed E-state index contributed by atoms with van der Waals surface area (Å²) in [5.41, 5.74) is 5.49. The molecular weight excluding hydrogens is 708 g/mol. The van der Waals surface area contributed by atoms with Gasteiger partial charge in [0, 0.05) is 52.4 Å². The summed E-state index contributed by atoms with van der Waals surface area (Å²) in [6.07, 6.45) is 6.57. The zero-order valence-electron chi connectivity index (χ0n) is 28.6. The third kappa shape index (κ3) is 7.10. The van der Waals surface area contributed by atoms with Crippen molar-refractivity contribution in [3.63, 3.8) is 0 Å². The minimum atomic E-state index is -0.717. The highest BCUT2D eigenvalue weighted by molar-refractivity contribution is 5.89. The zero-order valence-corrected chi connectivity index (χ0v) is 28.6. The number of hydrogen-bond donors (Lipinski definition) is 2. The van der Waals surface area contributed by atoms with E-state index >= 15 is 4.39 Å². The zero-order chi connectivity index (χ0) is 37.9. The van der Waals surface area contributed by atoms with Crippen molar-refractivity contribution in [2.75, 3.05) is 0 Å². The summed E-state index contributed by atoms with van der Waals surface area (Å²) in [6.45, 7) is 0. The maximum absolute atomic E-state index is 15.2. The molecule has 6 nitrogen and oxygen atoms in total. The van der Waals surface area contributed by atoms with E-state index < -0.39 is 11.6 Å². The van der Waals surface area contributed by atoms with Gasteiger partial charge in [0.1, 0.15) is 40.7 Å². The first-order valence-corrected chi connectivity index (χ1v) is 17.0. The molecule has 0 aliphatic rings. The molecule has 0 fully saturated rings. The second-order valence-electron chi connectivity index (χ2n) is 12.3. The Kier molecular flexibility index (Phi) is 9.49. The van der Waals surface area contributed by atoms with Crippen molar-refractivity contribution < 1.29 is 22.0 Å². The Morgan fingerprint density at radius 3 is 1.45 bits per heavy atom. The summed E-state index contributed by atoms with van der Waals surface area (Å²) in [5, 5.41) is 1.36. The normalized spacial score (nSPS) is 11.0. The lowest BCUT2D eigenvalue weighted by molar-refractivity contribution is 0.588. The fourth-order valence-electron chi connectivity index (χ4n) is 6.22. The topological polar surface area (TPSA) is 83.1 Å². The average Bonchev–Trinajstić information content (AvgIpc) is 3.86. The van der Waals surface area contributed by atoms with Gasteiger partial charge in [0.2, 0.25) is 0 Å². The third-order valence-corrected chi connectivity index (χ3v) is 8.90. The molecule has 4 aromatic heterocycles. The first-order chi connectivity index (χ1) is 26.8. The number of imidazole rings is 2. The first-order valence-electron chi connectivity index (χ1n) is 17.0. The molecule has 0 radical (unpaired) electrons. The molecular formula is C44H27F5N6. The van der Waals surface area contributed by atoms with E-state index in [1.54, 1.807) is 73.3 Å². The van der Waals surface area contributed by atoms with Crippen molar-refractivity contribution in [3.05, 3.63) is 181 Å². The number of benzene rings is 5. The molecule has 0 saturated carbocycles. The minimum absolute atomic E-state index is 0.0618. The van der Waals surface area contributed by atoms with Gasteiger partial charge >= 0.3 is 0 Å². The van der Waals surface area contributed by atoms with Crippen LogP contribution in [0.15, 0.2) is 152 Å². The van der Waals surface area contributed by atoms with Gasteiger partial charge in [-0.15, -0.1) is 0 Å². The second kappa shape index (κ2) is 15.0. The van der Waals surface area contributed by atoms with Crippen LogP contribution >= 0.6 is 0 Å². The minimum Gasteiger partial charge on any atom is -0.337 e. The number of rotatable bonds is 6. The van der Waals surface area contributed by atoms with E-state index in [0.717, 1.165) is 27.8 Å². The van der Waals surface area contributed by atoms with Crippen LogP contribution in [0.5, 0.6) is 0 Å². The summed E-state index contributed by atoms with van der Waals surface area (Å²) < 4.78 is 70.3. The highest BCUT2D eigenvalue weighted by Crippen LogP contribution is 2.36. The number of aromatic amines is 2. The predicted octanol–water partition coefficient (Wildman–Crippen LogP) is 11.5. The van der Waals surface area contributed by atoms with Crippen LogP contribution in [0.3, 0.4) is 0 Å². The van der Waals surface area contributed by atoms with E-state index in [0.29, 0.717) is 39.4 Å². The van der Waals surface area contributed by atoms with Gasteiger partial charge in [0.25, 0.3) is 0 Å². The molecule has 9 rings (SSSR count). The van der Waals surface area contributed by atoms with Crippen molar-refractivity contribution in [3.8, 4) is 67.8 Å². The fourth-order valence-corrected chi connectivity index (χ4v) is 6.22. The fraction of sp³-hybridized carbons (Fsp3) is 0. The van der Waals surface area contributed by atoms with E-state index in [1.807, 2.05) is 36.4 Å². The smallest absolute Gasteiger partial charge is 0.144 e. The van der Waals surface area contributed by atoms with Crippen LogP contribution in [-0.2, 0) is 0 Å². The Morgan fingerprint density at radius 2 is 0.909 bits per heavy atom. The van der Waals surface area contributed by atoms with E-state index in [-0.39, 0.29) is 28.8 Å². The molecule has 0 aliphatic heterocycles. The van der Waals surface area contributed by atoms with Crippen molar-refractivity contribution in [1.82, 2.24) is 29.9 Å². The average molecular weight is 735 g/mol. The van der Waals surface area contributed by atoms with Crippen LogP contribution in [0, 0.1) is 29.1 Å². The highest BCUT2D eigenvalue weighted by Gasteiger charge is 2.21. The number of nitrogens with zero attached hydrogens (tertiary/aromatic N) is 4. The summed E-state index contributed by atoms with van der Waals surface area (Å²) in [4.78, 5) is 23.4. The lowest BCUT2D eigenvalue weighted by Crippen LogP contribution is -1.91. The molecule has 11 heteroatoms. The molecule has 4 heterocycles. The van der Waals surface area contributed by atoms with Gasteiger partial charge in [-0.3, -0.25) is 9.97 Å². The van der Waals surface area contributed by atoms with Gasteiger partial charge in [-0.05, 0) is 96.4 Å². The number of halogens is 5. The van der Waals surface area contributed by atoms with Crippen LogP contribution in [0.25, 0.3) is 78.6 Å². The maximum atomic E-state index is 15.2. The van der Waals surface area contributed by atoms with Crippen molar-refractivity contribution in [2.24, 2.45) is 0 Å². The molecule has 55 heavy (non-hydrogen) atoms. The second-order valence-corrected chi connectivity index (χ2v) is 12.3. The number of pyridine rings is 2. The highest BCUT2D eigenvalue weighted by atomic mass is 19.1. The van der Waals surface area contributed by atoms with Crippen LogP contribution in [-0.4, -0.2) is 29.9 Å². The molecule has 0 amide bonds. The molecule has 5 aromatic carbocycles. The van der Waals surface area contributed by atoms with Gasteiger partial charge < -0.3 is 9.97 Å². The quantitative estimate of drug-likeness (QED) is 0.167. The Morgan fingerprint density at radius 1 is 0.418 bits per heavy atom. The third-order valence-electron chi connectivity index (χ3n) is 8.90. The SMILES string of the molecule is Fc1ccc(-c2nc(-c3c(F)cccc3F)[nH]c2-c2ccncc2)cc1.Fc1ccc(-c2nc(-c3ccc4ccccc4c3F)[nH]c2-c2ccncc2)cc1. The summed E-state index contributed by atoms with van der Waals surface area (Å²) in [7, 11) is 0. The first kappa shape index (κ1) is 34.8. The monoisotopic (exact) mass is 734 g/mol. The van der Waals surface area contributed by atoms with E-state index in [4.69, 9.17) is 0 Å². The number of fused-ring (bicyclic) bond motifs is 1. The molecule has 0 spiro atoms.